The Morgan fingerprint density at radius 2 is 2.07 bits per heavy atom. The second-order valence-corrected chi connectivity index (χ2v) is 3.30. The Hall–Kier alpha value is -1.30. The lowest BCUT2D eigenvalue weighted by Crippen LogP contribution is -2.48. The molecule has 0 heterocycles. The van der Waals surface area contributed by atoms with Crippen LogP contribution in [0.4, 0.5) is 4.79 Å². The molecule has 0 aromatic rings. The maximum Gasteiger partial charge on any atom is 0.328 e. The van der Waals surface area contributed by atoms with Crippen molar-refractivity contribution in [3.63, 3.8) is 0 Å². The minimum absolute atomic E-state index is 0.482. The molecule has 15 heavy (non-hydrogen) atoms. The molecule has 0 bridgehead atoms. The van der Waals surface area contributed by atoms with Crippen molar-refractivity contribution in [2.75, 3.05) is 20.2 Å². The van der Waals surface area contributed by atoms with E-state index in [4.69, 9.17) is 10.2 Å². The van der Waals surface area contributed by atoms with Gasteiger partial charge in [-0.1, -0.05) is 13.3 Å². The Kier molecular flexibility index (Phi) is 6.44. The van der Waals surface area contributed by atoms with Crippen LogP contribution in [0.3, 0.4) is 0 Å². The third-order valence-corrected chi connectivity index (χ3v) is 1.97. The van der Waals surface area contributed by atoms with Gasteiger partial charge in [0.2, 0.25) is 0 Å². The molecule has 0 aromatic heterocycles. The number of nitrogens with zero attached hydrogens (tertiary/aromatic N) is 1. The predicted octanol–water partition coefficient (Wildman–Crippen LogP) is -0.127. The third-order valence-electron chi connectivity index (χ3n) is 1.97. The van der Waals surface area contributed by atoms with Gasteiger partial charge in [-0.2, -0.15) is 0 Å². The van der Waals surface area contributed by atoms with Gasteiger partial charge >= 0.3 is 12.0 Å². The molecule has 0 radical (unpaired) electrons. The van der Waals surface area contributed by atoms with Crippen LogP contribution in [-0.4, -0.2) is 53.4 Å². The van der Waals surface area contributed by atoms with Gasteiger partial charge in [-0.05, 0) is 6.42 Å². The average molecular weight is 218 g/mol. The van der Waals surface area contributed by atoms with Crippen LogP contribution in [0.25, 0.3) is 0 Å². The van der Waals surface area contributed by atoms with E-state index >= 15 is 0 Å². The van der Waals surface area contributed by atoms with Gasteiger partial charge in [-0.3, -0.25) is 0 Å². The predicted molar refractivity (Wildman–Crippen MR) is 54.6 cm³/mol. The highest BCUT2D eigenvalue weighted by Crippen LogP contribution is 1.93. The number of carboxylic acid groups (broad SMARTS) is 1. The van der Waals surface area contributed by atoms with E-state index in [-0.39, 0.29) is 0 Å². The SMILES string of the molecule is CCCCN(C)C(=O)NC(CO)C(=O)O. The summed E-state index contributed by atoms with van der Waals surface area (Å²) in [6, 6.07) is -1.72. The van der Waals surface area contributed by atoms with Gasteiger partial charge in [-0.25, -0.2) is 9.59 Å². The van der Waals surface area contributed by atoms with E-state index in [1.807, 2.05) is 6.92 Å². The van der Waals surface area contributed by atoms with Gasteiger partial charge < -0.3 is 20.4 Å². The number of unbranched alkanes of at least 4 members (excludes halogenated alkanes) is 1. The summed E-state index contributed by atoms with van der Waals surface area (Å²) in [6.07, 6.45) is 1.82. The van der Waals surface area contributed by atoms with Gasteiger partial charge in [0.15, 0.2) is 6.04 Å². The Morgan fingerprint density at radius 3 is 2.47 bits per heavy atom. The van der Waals surface area contributed by atoms with Crippen LogP contribution in [0.15, 0.2) is 0 Å². The van der Waals surface area contributed by atoms with Gasteiger partial charge in [0.25, 0.3) is 0 Å². The molecule has 3 N–H and O–H groups in total. The monoisotopic (exact) mass is 218 g/mol. The summed E-state index contributed by atoms with van der Waals surface area (Å²) < 4.78 is 0. The quantitative estimate of drug-likeness (QED) is 0.579. The first-order valence-corrected chi connectivity index (χ1v) is 4.88. The number of aliphatic hydroxyl groups excluding tert-OH is 1. The number of urea groups is 1. The topological polar surface area (TPSA) is 89.9 Å². The van der Waals surface area contributed by atoms with E-state index in [1.165, 1.54) is 4.90 Å². The molecule has 1 atom stereocenters. The fourth-order valence-electron chi connectivity index (χ4n) is 0.942. The van der Waals surface area contributed by atoms with Crippen LogP contribution >= 0.6 is 0 Å². The lowest BCUT2D eigenvalue weighted by molar-refractivity contribution is -0.140. The number of hydrogen-bond acceptors (Lipinski definition) is 3. The van der Waals surface area contributed by atoms with Gasteiger partial charge in [0.1, 0.15) is 0 Å². The normalized spacial score (nSPS) is 11.9. The molecule has 0 aliphatic rings. The average Bonchev–Trinajstić information content (AvgIpc) is 2.21. The number of aliphatic hydroxyl groups is 1. The van der Waals surface area contributed by atoms with Crippen molar-refractivity contribution in [3.05, 3.63) is 0 Å². The van der Waals surface area contributed by atoms with Crippen molar-refractivity contribution in [3.8, 4) is 0 Å². The van der Waals surface area contributed by atoms with Crippen LogP contribution in [0.5, 0.6) is 0 Å². The van der Waals surface area contributed by atoms with Crippen molar-refractivity contribution in [2.24, 2.45) is 0 Å². The standard InChI is InChI=1S/C9H18N2O4/c1-3-4-5-11(2)9(15)10-7(6-12)8(13)14/h7,12H,3-6H2,1-2H3,(H,10,15)(H,13,14). The Morgan fingerprint density at radius 1 is 1.47 bits per heavy atom. The number of amides is 2. The fourth-order valence-corrected chi connectivity index (χ4v) is 0.942. The molecular weight excluding hydrogens is 200 g/mol. The van der Waals surface area contributed by atoms with E-state index < -0.39 is 24.6 Å². The summed E-state index contributed by atoms with van der Waals surface area (Å²) in [5.74, 6) is -1.24. The second kappa shape index (κ2) is 7.05. The molecule has 0 aliphatic carbocycles. The summed E-state index contributed by atoms with van der Waals surface area (Å²) >= 11 is 0. The summed E-state index contributed by atoms with van der Waals surface area (Å²) in [5, 5.41) is 19.5. The van der Waals surface area contributed by atoms with Gasteiger partial charge in [0.05, 0.1) is 6.61 Å². The zero-order valence-electron chi connectivity index (χ0n) is 9.06. The van der Waals surface area contributed by atoms with Crippen LogP contribution < -0.4 is 5.32 Å². The maximum atomic E-state index is 11.4. The highest BCUT2D eigenvalue weighted by Gasteiger charge is 2.20. The number of aliphatic carboxylic acids is 1. The Balaban J connectivity index is 4.04. The molecule has 0 saturated heterocycles. The van der Waals surface area contributed by atoms with Crippen molar-refractivity contribution in [1.29, 1.82) is 0 Å². The van der Waals surface area contributed by atoms with E-state index in [2.05, 4.69) is 5.32 Å². The maximum absolute atomic E-state index is 11.4. The molecule has 0 saturated carbocycles. The second-order valence-electron chi connectivity index (χ2n) is 3.30. The number of hydrogen-bond donors (Lipinski definition) is 3. The Labute approximate surface area is 88.9 Å². The van der Waals surface area contributed by atoms with Gasteiger partial charge in [-0.15, -0.1) is 0 Å². The minimum atomic E-state index is -1.24. The molecule has 1 unspecified atom stereocenters. The largest absolute Gasteiger partial charge is 0.480 e. The first kappa shape index (κ1) is 13.7. The van der Waals surface area contributed by atoms with E-state index in [1.54, 1.807) is 7.05 Å². The Bertz CT molecular complexity index is 220. The van der Waals surface area contributed by atoms with Crippen molar-refractivity contribution >= 4 is 12.0 Å². The summed E-state index contributed by atoms with van der Waals surface area (Å²) in [7, 11) is 1.58. The number of carboxylic acids is 1. The number of carbonyl (C=O) groups is 2. The lowest BCUT2D eigenvalue weighted by Gasteiger charge is -2.20. The molecule has 0 aliphatic heterocycles. The smallest absolute Gasteiger partial charge is 0.328 e. The minimum Gasteiger partial charge on any atom is -0.480 e. The highest BCUT2D eigenvalue weighted by atomic mass is 16.4. The molecule has 6 nitrogen and oxygen atoms in total. The first-order chi connectivity index (χ1) is 7.02. The van der Waals surface area contributed by atoms with Crippen molar-refractivity contribution < 1.29 is 19.8 Å². The van der Waals surface area contributed by atoms with Crippen LogP contribution in [0.2, 0.25) is 0 Å². The highest BCUT2D eigenvalue weighted by molar-refractivity contribution is 5.82. The molecule has 2 amide bonds. The molecular formula is C9H18N2O4. The third kappa shape index (κ3) is 5.21. The van der Waals surface area contributed by atoms with Crippen LogP contribution in [-0.2, 0) is 4.79 Å². The molecule has 0 spiro atoms. The van der Waals surface area contributed by atoms with Crippen molar-refractivity contribution in [2.45, 2.75) is 25.8 Å². The van der Waals surface area contributed by atoms with Crippen molar-refractivity contribution in [1.82, 2.24) is 10.2 Å². The van der Waals surface area contributed by atoms with E-state index in [0.717, 1.165) is 12.8 Å². The zero-order chi connectivity index (χ0) is 11.8. The molecule has 88 valence electrons. The molecule has 0 fully saturated rings. The van der Waals surface area contributed by atoms with Gasteiger partial charge in [0, 0.05) is 13.6 Å². The first-order valence-electron chi connectivity index (χ1n) is 4.88. The molecule has 0 rings (SSSR count). The zero-order valence-corrected chi connectivity index (χ0v) is 9.06. The van der Waals surface area contributed by atoms with Crippen LogP contribution in [0, 0.1) is 0 Å². The lowest BCUT2D eigenvalue weighted by atomic mass is 10.3. The number of nitrogens with one attached hydrogen (secondary N) is 1. The molecule has 0 aromatic carbocycles. The van der Waals surface area contributed by atoms with Crippen LogP contribution in [0.1, 0.15) is 19.8 Å². The number of carbonyl (C=O) groups excluding carboxylic acids is 1. The molecule has 6 heteroatoms. The van der Waals surface area contributed by atoms with E-state index in [0.29, 0.717) is 6.54 Å². The van der Waals surface area contributed by atoms with E-state index in [9.17, 15) is 9.59 Å². The summed E-state index contributed by atoms with van der Waals surface area (Å²) in [4.78, 5) is 23.3. The fraction of sp³-hybridized carbons (Fsp3) is 0.778. The summed E-state index contributed by atoms with van der Waals surface area (Å²) in [5.41, 5.74) is 0. The number of rotatable bonds is 6. The summed E-state index contributed by atoms with van der Waals surface area (Å²) in [6.45, 7) is 1.96.